The molecule has 1 N–H and O–H groups in total. The monoisotopic (exact) mass is 281 g/mol. The molecule has 3 atom stereocenters. The number of nitrogens with one attached hydrogen (secondary N) is 1. The predicted molar refractivity (Wildman–Crippen MR) is 80.6 cm³/mol. The number of ether oxygens (including phenoxy) is 1. The number of hydrogen-bond donors (Lipinski definition) is 1. The molecule has 3 heteroatoms. The first-order chi connectivity index (χ1) is 9.19. The van der Waals surface area contributed by atoms with Crippen LogP contribution in [0.1, 0.15) is 44.3 Å². The number of rotatable bonds is 5. The number of benzene rings is 1. The Morgan fingerprint density at radius 2 is 2.26 bits per heavy atom. The van der Waals surface area contributed by atoms with E-state index in [2.05, 4.69) is 18.3 Å². The number of likely N-dealkylation sites (N-methyl/N-ethyl adjacent to an activating group) is 1. The molecule has 19 heavy (non-hydrogen) atoms. The van der Waals surface area contributed by atoms with Crippen LogP contribution >= 0.6 is 11.6 Å². The van der Waals surface area contributed by atoms with Gasteiger partial charge >= 0.3 is 0 Å². The normalized spacial score (nSPS) is 25.2. The zero-order valence-corrected chi connectivity index (χ0v) is 12.6. The summed E-state index contributed by atoms with van der Waals surface area (Å²) in [6.45, 7) is 3.15. The molecule has 2 rings (SSSR count). The Balaban J connectivity index is 2.03. The van der Waals surface area contributed by atoms with Crippen molar-refractivity contribution in [2.75, 3.05) is 13.6 Å². The molecule has 0 aromatic heterocycles. The molecule has 106 valence electrons. The smallest absolute Gasteiger partial charge is 0.0953 e. The number of halogens is 1. The zero-order valence-electron chi connectivity index (χ0n) is 11.9. The van der Waals surface area contributed by atoms with Crippen LogP contribution in [-0.4, -0.2) is 19.7 Å². The molecule has 1 aliphatic rings. The Morgan fingerprint density at radius 3 is 2.95 bits per heavy atom. The summed E-state index contributed by atoms with van der Waals surface area (Å²) in [6.07, 6.45) is 5.48. The summed E-state index contributed by atoms with van der Waals surface area (Å²) in [4.78, 5) is 0. The van der Waals surface area contributed by atoms with Crippen molar-refractivity contribution < 1.29 is 4.74 Å². The van der Waals surface area contributed by atoms with E-state index < -0.39 is 0 Å². The molecular weight excluding hydrogens is 258 g/mol. The van der Waals surface area contributed by atoms with E-state index in [0.717, 1.165) is 17.5 Å². The Labute approximate surface area is 121 Å². The van der Waals surface area contributed by atoms with Crippen LogP contribution in [0.15, 0.2) is 24.3 Å². The fourth-order valence-corrected chi connectivity index (χ4v) is 3.07. The van der Waals surface area contributed by atoms with Crippen LogP contribution in [-0.2, 0) is 4.74 Å². The topological polar surface area (TPSA) is 21.3 Å². The van der Waals surface area contributed by atoms with E-state index in [1.54, 1.807) is 0 Å². The largest absolute Gasteiger partial charge is 0.369 e. The van der Waals surface area contributed by atoms with Gasteiger partial charge in [0.15, 0.2) is 0 Å². The highest BCUT2D eigenvalue weighted by molar-refractivity contribution is 6.30. The van der Waals surface area contributed by atoms with Crippen LogP contribution in [0.2, 0.25) is 5.02 Å². The zero-order chi connectivity index (χ0) is 13.7. The highest BCUT2D eigenvalue weighted by Crippen LogP contribution is 2.30. The predicted octanol–water partition coefficient (Wildman–Crippen LogP) is 4.20. The van der Waals surface area contributed by atoms with Gasteiger partial charge in [0.1, 0.15) is 0 Å². The first-order valence-corrected chi connectivity index (χ1v) is 7.62. The molecule has 1 aromatic rings. The van der Waals surface area contributed by atoms with Gasteiger partial charge in [0.05, 0.1) is 12.2 Å². The molecule has 3 unspecified atom stereocenters. The van der Waals surface area contributed by atoms with E-state index in [1.807, 2.05) is 25.2 Å². The van der Waals surface area contributed by atoms with Crippen molar-refractivity contribution in [1.82, 2.24) is 5.32 Å². The Morgan fingerprint density at radius 1 is 1.42 bits per heavy atom. The lowest BCUT2D eigenvalue weighted by Crippen LogP contribution is -2.28. The van der Waals surface area contributed by atoms with Crippen molar-refractivity contribution in [2.45, 2.75) is 44.8 Å². The summed E-state index contributed by atoms with van der Waals surface area (Å²) in [5.41, 5.74) is 1.17. The maximum absolute atomic E-state index is 6.32. The van der Waals surface area contributed by atoms with Crippen LogP contribution in [0.4, 0.5) is 0 Å². The Kier molecular flexibility index (Phi) is 5.68. The van der Waals surface area contributed by atoms with E-state index in [0.29, 0.717) is 6.10 Å². The molecule has 0 saturated heterocycles. The van der Waals surface area contributed by atoms with Gasteiger partial charge in [-0.3, -0.25) is 0 Å². The molecule has 1 fully saturated rings. The van der Waals surface area contributed by atoms with Gasteiger partial charge in [0.2, 0.25) is 0 Å². The van der Waals surface area contributed by atoms with E-state index in [4.69, 9.17) is 16.3 Å². The van der Waals surface area contributed by atoms with Crippen LogP contribution in [0.5, 0.6) is 0 Å². The minimum atomic E-state index is 0.0963. The van der Waals surface area contributed by atoms with Gasteiger partial charge in [-0.25, -0.2) is 0 Å². The summed E-state index contributed by atoms with van der Waals surface area (Å²) in [6, 6.07) is 8.01. The minimum Gasteiger partial charge on any atom is -0.369 e. The first kappa shape index (κ1) is 14.8. The fraction of sp³-hybridized carbons (Fsp3) is 0.625. The lowest BCUT2D eigenvalue weighted by Gasteiger charge is -2.31. The van der Waals surface area contributed by atoms with Gasteiger partial charge in [0.25, 0.3) is 0 Å². The minimum absolute atomic E-state index is 0.0963. The molecule has 1 aliphatic carbocycles. The molecule has 0 amide bonds. The van der Waals surface area contributed by atoms with Crippen molar-refractivity contribution in [1.29, 1.82) is 0 Å². The summed E-state index contributed by atoms with van der Waals surface area (Å²) < 4.78 is 6.32. The average Bonchev–Trinajstić information content (AvgIpc) is 2.38. The maximum Gasteiger partial charge on any atom is 0.0953 e. The molecule has 0 spiro atoms. The quantitative estimate of drug-likeness (QED) is 0.873. The standard InChI is InChI=1S/C16H24ClNO/c1-12-5-3-8-15(9-12)19-16(11-18-2)13-6-4-7-14(17)10-13/h4,6-7,10,12,15-16,18H,3,5,8-9,11H2,1-2H3. The van der Waals surface area contributed by atoms with Gasteiger partial charge in [-0.1, -0.05) is 43.5 Å². The van der Waals surface area contributed by atoms with Crippen molar-refractivity contribution in [3.8, 4) is 0 Å². The summed E-state index contributed by atoms with van der Waals surface area (Å²) in [7, 11) is 1.96. The van der Waals surface area contributed by atoms with Crippen LogP contribution < -0.4 is 5.32 Å². The van der Waals surface area contributed by atoms with Gasteiger partial charge in [0, 0.05) is 11.6 Å². The van der Waals surface area contributed by atoms with E-state index >= 15 is 0 Å². The molecule has 2 nitrogen and oxygen atoms in total. The lowest BCUT2D eigenvalue weighted by molar-refractivity contribution is -0.0388. The van der Waals surface area contributed by atoms with Crippen molar-refractivity contribution >= 4 is 11.6 Å². The van der Waals surface area contributed by atoms with E-state index in [1.165, 1.54) is 31.2 Å². The second-order valence-electron chi connectivity index (χ2n) is 5.63. The molecule has 1 aromatic carbocycles. The molecule has 0 radical (unpaired) electrons. The van der Waals surface area contributed by atoms with Crippen molar-refractivity contribution in [3.63, 3.8) is 0 Å². The first-order valence-electron chi connectivity index (χ1n) is 7.24. The van der Waals surface area contributed by atoms with Gasteiger partial charge in [-0.15, -0.1) is 0 Å². The van der Waals surface area contributed by atoms with E-state index in [9.17, 15) is 0 Å². The summed E-state index contributed by atoms with van der Waals surface area (Å²) >= 11 is 6.08. The highest BCUT2D eigenvalue weighted by atomic mass is 35.5. The second kappa shape index (κ2) is 7.28. The third-order valence-electron chi connectivity index (χ3n) is 3.85. The molecule has 0 heterocycles. The maximum atomic E-state index is 6.32. The molecular formula is C16H24ClNO. The Hall–Kier alpha value is -0.570. The third kappa shape index (κ3) is 4.48. The fourth-order valence-electron chi connectivity index (χ4n) is 2.87. The average molecular weight is 282 g/mol. The van der Waals surface area contributed by atoms with E-state index in [-0.39, 0.29) is 6.10 Å². The lowest BCUT2D eigenvalue weighted by atomic mass is 9.88. The molecule has 1 saturated carbocycles. The number of hydrogen-bond acceptors (Lipinski definition) is 2. The second-order valence-corrected chi connectivity index (χ2v) is 6.07. The van der Waals surface area contributed by atoms with Crippen molar-refractivity contribution in [3.05, 3.63) is 34.9 Å². The van der Waals surface area contributed by atoms with Gasteiger partial charge in [-0.2, -0.15) is 0 Å². The molecule has 0 aliphatic heterocycles. The van der Waals surface area contributed by atoms with Gasteiger partial charge in [-0.05, 0) is 43.5 Å². The van der Waals surface area contributed by atoms with Crippen LogP contribution in [0.25, 0.3) is 0 Å². The van der Waals surface area contributed by atoms with Crippen molar-refractivity contribution in [2.24, 2.45) is 5.92 Å². The SMILES string of the molecule is CNCC(OC1CCCC(C)C1)c1cccc(Cl)c1. The summed E-state index contributed by atoms with van der Waals surface area (Å²) in [5, 5.41) is 4.00. The van der Waals surface area contributed by atoms with Crippen LogP contribution in [0.3, 0.4) is 0 Å². The Bertz CT molecular complexity index is 396. The third-order valence-corrected chi connectivity index (χ3v) is 4.09. The van der Waals surface area contributed by atoms with Gasteiger partial charge < -0.3 is 10.1 Å². The van der Waals surface area contributed by atoms with Crippen LogP contribution in [0, 0.1) is 5.92 Å². The summed E-state index contributed by atoms with van der Waals surface area (Å²) in [5.74, 6) is 0.786. The molecule has 0 bridgehead atoms. The highest BCUT2D eigenvalue weighted by Gasteiger charge is 2.23.